The second-order valence-corrected chi connectivity index (χ2v) is 7.43. The van der Waals surface area contributed by atoms with E-state index in [1.54, 1.807) is 32.1 Å². The number of carbonyl (C=O) groups is 3. The molecular formula is C22H28O7. The van der Waals surface area contributed by atoms with Crippen LogP contribution in [0.2, 0.25) is 0 Å². The Hall–Kier alpha value is -2.67. The highest BCUT2D eigenvalue weighted by atomic mass is 16.6. The molecule has 29 heavy (non-hydrogen) atoms. The van der Waals surface area contributed by atoms with Crippen molar-refractivity contribution in [1.82, 2.24) is 0 Å². The summed E-state index contributed by atoms with van der Waals surface area (Å²) in [5.74, 6) is -2.07. The van der Waals surface area contributed by atoms with Crippen LogP contribution in [0.4, 0.5) is 0 Å². The van der Waals surface area contributed by atoms with Crippen molar-refractivity contribution in [3.8, 4) is 0 Å². The highest BCUT2D eigenvalue weighted by Crippen LogP contribution is 2.35. The van der Waals surface area contributed by atoms with Crippen molar-refractivity contribution in [2.45, 2.75) is 58.8 Å². The van der Waals surface area contributed by atoms with Crippen molar-refractivity contribution in [3.05, 3.63) is 47.1 Å². The van der Waals surface area contributed by atoms with Gasteiger partial charge in [0.15, 0.2) is 0 Å². The van der Waals surface area contributed by atoms with Crippen LogP contribution < -0.4 is 0 Å². The van der Waals surface area contributed by atoms with E-state index < -0.39 is 42.1 Å². The molecule has 0 radical (unpaired) electrons. The summed E-state index contributed by atoms with van der Waals surface area (Å²) in [5.41, 5.74) is 2.10. The second-order valence-electron chi connectivity index (χ2n) is 7.43. The summed E-state index contributed by atoms with van der Waals surface area (Å²) in [6.07, 6.45) is 3.38. The molecule has 0 saturated carbocycles. The molecule has 4 atom stereocenters. The van der Waals surface area contributed by atoms with Crippen LogP contribution in [0.1, 0.15) is 40.5 Å². The van der Waals surface area contributed by atoms with Gasteiger partial charge in [0.1, 0.15) is 18.8 Å². The fourth-order valence-electron chi connectivity index (χ4n) is 3.38. The zero-order valence-corrected chi connectivity index (χ0v) is 17.3. The van der Waals surface area contributed by atoms with Crippen LogP contribution in [0, 0.1) is 5.92 Å². The van der Waals surface area contributed by atoms with E-state index >= 15 is 0 Å². The first-order valence-corrected chi connectivity index (χ1v) is 9.54. The monoisotopic (exact) mass is 404 g/mol. The van der Waals surface area contributed by atoms with Crippen molar-refractivity contribution >= 4 is 17.9 Å². The van der Waals surface area contributed by atoms with Gasteiger partial charge in [-0.25, -0.2) is 9.59 Å². The van der Waals surface area contributed by atoms with Crippen LogP contribution in [0.15, 0.2) is 47.1 Å². The van der Waals surface area contributed by atoms with Crippen molar-refractivity contribution in [2.24, 2.45) is 5.92 Å². The van der Waals surface area contributed by atoms with Crippen LogP contribution >= 0.6 is 0 Å². The molecule has 7 nitrogen and oxygen atoms in total. The van der Waals surface area contributed by atoms with E-state index in [0.29, 0.717) is 11.1 Å². The number of hydrogen-bond acceptors (Lipinski definition) is 7. The fraction of sp³-hybridized carbons (Fsp3) is 0.500. The molecule has 1 aliphatic heterocycles. The Morgan fingerprint density at radius 2 is 2.00 bits per heavy atom. The van der Waals surface area contributed by atoms with Gasteiger partial charge in [-0.1, -0.05) is 18.2 Å². The lowest BCUT2D eigenvalue weighted by Gasteiger charge is -2.25. The normalized spacial score (nSPS) is 31.6. The maximum absolute atomic E-state index is 12.3. The molecule has 158 valence electrons. The maximum atomic E-state index is 12.3. The Kier molecular flexibility index (Phi) is 7.56. The summed E-state index contributed by atoms with van der Waals surface area (Å²) in [6, 6.07) is 0. The highest BCUT2D eigenvalue weighted by Gasteiger charge is 2.42. The van der Waals surface area contributed by atoms with Crippen molar-refractivity contribution in [1.29, 1.82) is 0 Å². The summed E-state index contributed by atoms with van der Waals surface area (Å²) in [5, 5.41) is 10.7. The minimum Gasteiger partial charge on any atom is -0.461 e. The average Bonchev–Trinajstić information content (AvgIpc) is 2.91. The number of hydrogen-bond donors (Lipinski definition) is 1. The first kappa shape index (κ1) is 22.6. The molecule has 2 aliphatic rings. The molecule has 0 aromatic carbocycles. The zero-order valence-electron chi connectivity index (χ0n) is 17.3. The summed E-state index contributed by atoms with van der Waals surface area (Å²) >= 11 is 0. The van der Waals surface area contributed by atoms with Gasteiger partial charge in [-0.15, -0.1) is 0 Å². The molecular weight excluding hydrogens is 376 g/mol. The summed E-state index contributed by atoms with van der Waals surface area (Å²) in [6.45, 7) is 10.2. The van der Waals surface area contributed by atoms with Gasteiger partial charge in [0.05, 0.1) is 12.0 Å². The summed E-state index contributed by atoms with van der Waals surface area (Å²) in [7, 11) is 0. The molecule has 1 fully saturated rings. The molecule has 1 heterocycles. The van der Waals surface area contributed by atoms with E-state index in [0.717, 1.165) is 5.57 Å². The third-order valence-corrected chi connectivity index (χ3v) is 5.02. The van der Waals surface area contributed by atoms with Gasteiger partial charge in [0.25, 0.3) is 0 Å². The number of carbonyl (C=O) groups excluding carboxylic acids is 3. The molecule has 1 saturated heterocycles. The number of fused-ring (bicyclic) bond motifs is 1. The van der Waals surface area contributed by atoms with Crippen molar-refractivity contribution in [2.75, 3.05) is 6.61 Å². The summed E-state index contributed by atoms with van der Waals surface area (Å²) < 4.78 is 16.1. The molecule has 0 aromatic heterocycles. The SMILES string of the molecule is C=C1C(=O)O[C@@H]2/C=C(\COC(C)=O)C[C@H](OC(=O)/C(C)=C/C)/C=C(\C)C[C@@H](O)[C@@H]12. The molecule has 0 amide bonds. The number of esters is 3. The zero-order chi connectivity index (χ0) is 21.7. The molecule has 7 heteroatoms. The van der Waals surface area contributed by atoms with Gasteiger partial charge in [0, 0.05) is 24.5 Å². The molecule has 0 aromatic rings. The fourth-order valence-corrected chi connectivity index (χ4v) is 3.38. The van der Waals surface area contributed by atoms with E-state index in [-0.39, 0.29) is 25.0 Å². The van der Waals surface area contributed by atoms with E-state index in [9.17, 15) is 19.5 Å². The Morgan fingerprint density at radius 1 is 1.31 bits per heavy atom. The Balaban J connectivity index is 2.39. The standard InChI is InChI=1S/C22H28O7/c1-6-13(3)21(25)28-17-7-12(2)8-18(24)20-14(4)22(26)29-19(20)10-16(9-17)11-27-15(5)23/h6-7,10,17-20,24H,4,8-9,11H2,1-3,5H3/b12-7+,13-6+,16-10-/t17-,18-,19-,20-/m1/s1. The van der Waals surface area contributed by atoms with Gasteiger partial charge in [-0.2, -0.15) is 0 Å². The number of aliphatic hydroxyl groups excluding tert-OH is 1. The smallest absolute Gasteiger partial charge is 0.334 e. The first-order valence-electron chi connectivity index (χ1n) is 9.54. The van der Waals surface area contributed by atoms with E-state index in [1.165, 1.54) is 6.92 Å². The van der Waals surface area contributed by atoms with Gasteiger partial charge in [0.2, 0.25) is 0 Å². The van der Waals surface area contributed by atoms with E-state index in [1.807, 2.05) is 6.92 Å². The van der Waals surface area contributed by atoms with Crippen LogP contribution in [0.5, 0.6) is 0 Å². The lowest BCUT2D eigenvalue weighted by Crippen LogP contribution is -2.30. The molecule has 1 aliphatic carbocycles. The topological polar surface area (TPSA) is 99.1 Å². The summed E-state index contributed by atoms with van der Waals surface area (Å²) in [4.78, 5) is 35.6. The van der Waals surface area contributed by atoms with Crippen LogP contribution in [0.25, 0.3) is 0 Å². The number of rotatable bonds is 4. The van der Waals surface area contributed by atoms with Crippen LogP contribution in [-0.4, -0.2) is 47.9 Å². The maximum Gasteiger partial charge on any atom is 0.334 e. The Bertz CT molecular complexity index is 787. The van der Waals surface area contributed by atoms with Gasteiger partial charge in [-0.05, 0) is 44.9 Å². The first-order chi connectivity index (χ1) is 13.6. The number of allylic oxidation sites excluding steroid dienone is 1. The molecule has 0 unspecified atom stereocenters. The third-order valence-electron chi connectivity index (χ3n) is 5.02. The third kappa shape index (κ3) is 5.90. The van der Waals surface area contributed by atoms with E-state index in [4.69, 9.17) is 14.2 Å². The van der Waals surface area contributed by atoms with Gasteiger partial charge < -0.3 is 19.3 Å². The molecule has 1 N–H and O–H groups in total. The quantitative estimate of drug-likeness (QED) is 0.333. The number of ether oxygens (including phenoxy) is 3. The minimum atomic E-state index is -0.895. The molecule has 0 bridgehead atoms. The van der Waals surface area contributed by atoms with Gasteiger partial charge in [-0.3, -0.25) is 4.79 Å². The van der Waals surface area contributed by atoms with Crippen molar-refractivity contribution < 1.29 is 33.7 Å². The second kappa shape index (κ2) is 9.69. The van der Waals surface area contributed by atoms with Crippen LogP contribution in [-0.2, 0) is 28.6 Å². The Morgan fingerprint density at radius 3 is 2.62 bits per heavy atom. The molecule has 0 spiro atoms. The van der Waals surface area contributed by atoms with Crippen LogP contribution in [0.3, 0.4) is 0 Å². The average molecular weight is 404 g/mol. The predicted molar refractivity (Wildman–Crippen MR) is 106 cm³/mol. The van der Waals surface area contributed by atoms with Crippen molar-refractivity contribution in [3.63, 3.8) is 0 Å². The van der Waals surface area contributed by atoms with E-state index in [2.05, 4.69) is 6.58 Å². The van der Waals surface area contributed by atoms with Gasteiger partial charge >= 0.3 is 17.9 Å². The largest absolute Gasteiger partial charge is 0.461 e. The number of aliphatic hydroxyl groups is 1. The predicted octanol–water partition coefficient (Wildman–Crippen LogP) is 2.55. The lowest BCUT2D eigenvalue weighted by molar-refractivity contribution is -0.143. The minimum absolute atomic E-state index is 0.0395. The Labute approximate surface area is 170 Å². The highest BCUT2D eigenvalue weighted by molar-refractivity contribution is 5.91. The molecule has 2 rings (SSSR count). The lowest BCUT2D eigenvalue weighted by atomic mass is 9.85.